The number of methoxy groups -OCH3 is 2. The predicted octanol–water partition coefficient (Wildman–Crippen LogP) is 6.21. The van der Waals surface area contributed by atoms with Crippen molar-refractivity contribution >= 4 is 58.9 Å². The molecule has 0 aliphatic heterocycles. The smallest absolute Gasteiger partial charge is 0.243 e. The molecule has 4 rings (SSSR count). The SMILES string of the molecule is COc1nc(OCc2cccc(-c3cccc(COc4nc(OC)c(CNCC(=O)NSC)cc4Cl)c3C)c2C)c(Cl)cc1CNCC(=O)NSC. The number of benzene rings is 2. The quantitative estimate of drug-likeness (QED) is 0.0802. The molecule has 0 unspecified atom stereocenters. The van der Waals surface area contributed by atoms with Crippen LogP contribution in [0.25, 0.3) is 11.1 Å². The standard InChI is InChI=1S/C36H42Cl2N6O6S2/c1-21-23(19-49-35-29(37)13-25(33(41-35)47-3)15-39-17-31(45)43-51-5)9-7-11-27(21)28-12-8-10-24(22(28)2)20-50-36-30(38)14-26(34(42-36)48-4)16-40-18-32(46)44-52-6/h7-14,39-40H,15-20H2,1-6H3,(H,43,45)(H,44,46). The summed E-state index contributed by atoms with van der Waals surface area (Å²) in [4.78, 5) is 32.5. The molecule has 12 nitrogen and oxygen atoms in total. The number of hydrogen-bond acceptors (Lipinski definition) is 12. The highest BCUT2D eigenvalue weighted by Gasteiger charge is 2.17. The maximum absolute atomic E-state index is 11.8. The van der Waals surface area contributed by atoms with Crippen molar-refractivity contribution in [1.82, 2.24) is 30.0 Å². The Balaban J connectivity index is 1.45. The van der Waals surface area contributed by atoms with Crippen molar-refractivity contribution in [2.75, 3.05) is 39.8 Å². The van der Waals surface area contributed by atoms with E-state index in [4.69, 9.17) is 42.1 Å². The minimum atomic E-state index is -0.135. The molecule has 4 aromatic rings. The molecule has 2 amide bonds. The summed E-state index contributed by atoms with van der Waals surface area (Å²) in [7, 11) is 3.04. The van der Waals surface area contributed by atoms with Crippen molar-refractivity contribution in [3.63, 3.8) is 0 Å². The van der Waals surface area contributed by atoms with Gasteiger partial charge in [0.15, 0.2) is 0 Å². The highest BCUT2D eigenvalue weighted by atomic mass is 35.5. The summed E-state index contributed by atoms with van der Waals surface area (Å²) in [6, 6.07) is 15.6. The lowest BCUT2D eigenvalue weighted by Gasteiger charge is -2.17. The summed E-state index contributed by atoms with van der Waals surface area (Å²) >= 11 is 15.6. The molecule has 52 heavy (non-hydrogen) atoms. The number of ether oxygens (including phenoxy) is 4. The number of carbonyl (C=O) groups is 2. The number of aromatic nitrogens is 2. The summed E-state index contributed by atoms with van der Waals surface area (Å²) in [6.07, 6.45) is 3.57. The fourth-order valence-electron chi connectivity index (χ4n) is 5.27. The molecule has 0 aliphatic rings. The fourth-order valence-corrected chi connectivity index (χ4v) is 6.33. The second-order valence-corrected chi connectivity index (χ2v) is 13.3. The number of hydrogen-bond donors (Lipinski definition) is 4. The molecular weight excluding hydrogens is 747 g/mol. The Morgan fingerprint density at radius 3 is 1.42 bits per heavy atom. The van der Waals surface area contributed by atoms with Crippen LogP contribution in [0.2, 0.25) is 10.0 Å². The summed E-state index contributed by atoms with van der Waals surface area (Å²) in [5, 5.41) is 6.78. The van der Waals surface area contributed by atoms with Crippen LogP contribution >= 0.6 is 47.1 Å². The van der Waals surface area contributed by atoms with E-state index < -0.39 is 0 Å². The summed E-state index contributed by atoms with van der Waals surface area (Å²) < 4.78 is 28.5. The second-order valence-electron chi connectivity index (χ2n) is 11.3. The number of nitrogens with zero attached hydrogens (tertiary/aromatic N) is 2. The van der Waals surface area contributed by atoms with Crippen molar-refractivity contribution in [2.45, 2.75) is 40.2 Å². The van der Waals surface area contributed by atoms with Crippen LogP contribution < -0.4 is 39.0 Å². The van der Waals surface area contributed by atoms with Crippen LogP contribution in [0.1, 0.15) is 33.4 Å². The van der Waals surface area contributed by atoms with Gasteiger partial charge in [0.25, 0.3) is 0 Å². The first-order valence-electron chi connectivity index (χ1n) is 16.0. The molecule has 0 bridgehead atoms. The van der Waals surface area contributed by atoms with Gasteiger partial charge in [-0.3, -0.25) is 19.0 Å². The Labute approximate surface area is 322 Å². The minimum Gasteiger partial charge on any atom is -0.481 e. The highest BCUT2D eigenvalue weighted by Crippen LogP contribution is 2.34. The first kappa shape index (κ1) is 40.8. The van der Waals surface area contributed by atoms with Gasteiger partial charge in [-0.1, -0.05) is 83.5 Å². The van der Waals surface area contributed by atoms with Crippen LogP contribution in [0.5, 0.6) is 23.5 Å². The van der Waals surface area contributed by atoms with E-state index in [-0.39, 0.29) is 49.9 Å². The zero-order valence-electron chi connectivity index (χ0n) is 29.8. The molecule has 2 aromatic carbocycles. The van der Waals surface area contributed by atoms with E-state index in [1.807, 2.05) is 24.3 Å². The molecule has 0 fully saturated rings. The van der Waals surface area contributed by atoms with Crippen LogP contribution in [0.15, 0.2) is 48.5 Å². The Morgan fingerprint density at radius 1 is 0.654 bits per heavy atom. The van der Waals surface area contributed by atoms with Crippen molar-refractivity contribution in [1.29, 1.82) is 0 Å². The minimum absolute atomic E-state index is 0.135. The third-order valence-corrected chi connectivity index (χ3v) is 9.30. The largest absolute Gasteiger partial charge is 0.481 e. The number of rotatable bonds is 19. The molecule has 0 saturated heterocycles. The van der Waals surface area contributed by atoms with Gasteiger partial charge in [-0.2, -0.15) is 9.97 Å². The van der Waals surface area contributed by atoms with Gasteiger partial charge in [0, 0.05) is 36.7 Å². The van der Waals surface area contributed by atoms with E-state index in [0.29, 0.717) is 46.0 Å². The zero-order valence-corrected chi connectivity index (χ0v) is 32.9. The van der Waals surface area contributed by atoms with E-state index in [1.165, 1.54) is 38.1 Å². The van der Waals surface area contributed by atoms with E-state index in [9.17, 15) is 9.59 Å². The molecule has 16 heteroatoms. The van der Waals surface area contributed by atoms with Crippen LogP contribution in [-0.2, 0) is 35.9 Å². The van der Waals surface area contributed by atoms with Crippen LogP contribution in [0, 0.1) is 13.8 Å². The molecule has 2 aromatic heterocycles. The van der Waals surface area contributed by atoms with E-state index >= 15 is 0 Å². The number of amides is 2. The first-order chi connectivity index (χ1) is 25.1. The molecule has 0 saturated carbocycles. The number of nitrogens with one attached hydrogen (secondary N) is 4. The third kappa shape index (κ3) is 11.0. The fraction of sp³-hybridized carbons (Fsp3) is 0.333. The maximum atomic E-state index is 11.8. The van der Waals surface area contributed by atoms with Gasteiger partial charge in [-0.15, -0.1) is 0 Å². The molecule has 0 spiro atoms. The summed E-state index contributed by atoms with van der Waals surface area (Å²) in [5.74, 6) is 0.927. The van der Waals surface area contributed by atoms with E-state index in [1.54, 1.807) is 24.6 Å². The van der Waals surface area contributed by atoms with Crippen molar-refractivity contribution < 1.29 is 28.5 Å². The van der Waals surface area contributed by atoms with Crippen molar-refractivity contribution in [2.24, 2.45) is 0 Å². The van der Waals surface area contributed by atoms with Gasteiger partial charge < -0.3 is 29.6 Å². The average molecular weight is 790 g/mol. The highest BCUT2D eigenvalue weighted by molar-refractivity contribution is 7.97. The number of carbonyl (C=O) groups excluding carboxylic acids is 2. The third-order valence-electron chi connectivity index (χ3n) is 7.90. The first-order valence-corrected chi connectivity index (χ1v) is 19.2. The lowest BCUT2D eigenvalue weighted by atomic mass is 9.92. The second kappa shape index (κ2) is 20.4. The summed E-state index contributed by atoms with van der Waals surface area (Å²) in [6.45, 7) is 5.52. The molecule has 0 aliphatic carbocycles. The predicted molar refractivity (Wildman–Crippen MR) is 208 cm³/mol. The molecule has 278 valence electrons. The Kier molecular flexibility index (Phi) is 16.0. The van der Waals surface area contributed by atoms with Gasteiger partial charge in [-0.05, 0) is 59.4 Å². The van der Waals surface area contributed by atoms with Crippen LogP contribution in [-0.4, -0.2) is 61.6 Å². The maximum Gasteiger partial charge on any atom is 0.243 e. The number of pyridine rings is 2. The molecular formula is C36H42Cl2N6O6S2. The van der Waals surface area contributed by atoms with Gasteiger partial charge in [0.1, 0.15) is 23.3 Å². The number of halogens is 2. The van der Waals surface area contributed by atoms with Gasteiger partial charge in [0.05, 0.1) is 27.3 Å². The molecule has 0 atom stereocenters. The lowest BCUT2D eigenvalue weighted by Crippen LogP contribution is -2.29. The Morgan fingerprint density at radius 2 is 1.06 bits per heavy atom. The van der Waals surface area contributed by atoms with Gasteiger partial charge in [-0.25, -0.2) is 0 Å². The van der Waals surface area contributed by atoms with Crippen molar-refractivity contribution in [3.05, 3.63) is 92.0 Å². The van der Waals surface area contributed by atoms with Crippen LogP contribution in [0.3, 0.4) is 0 Å². The molecule has 0 radical (unpaired) electrons. The topological polar surface area (TPSA) is 145 Å². The normalized spacial score (nSPS) is 10.8. The Bertz CT molecular complexity index is 1740. The van der Waals surface area contributed by atoms with E-state index in [0.717, 1.165) is 33.4 Å². The van der Waals surface area contributed by atoms with E-state index in [2.05, 4.69) is 56.0 Å². The Hall–Kier alpha value is -3.92. The van der Waals surface area contributed by atoms with Crippen molar-refractivity contribution in [3.8, 4) is 34.6 Å². The summed E-state index contributed by atoms with van der Waals surface area (Å²) in [5.41, 5.74) is 7.50. The lowest BCUT2D eigenvalue weighted by molar-refractivity contribution is -0.119. The zero-order chi connectivity index (χ0) is 37.6. The van der Waals surface area contributed by atoms with Gasteiger partial charge in [0.2, 0.25) is 35.3 Å². The van der Waals surface area contributed by atoms with Gasteiger partial charge >= 0.3 is 0 Å². The monoisotopic (exact) mass is 788 g/mol. The average Bonchev–Trinajstić information content (AvgIpc) is 3.12. The molecule has 4 N–H and O–H groups in total. The van der Waals surface area contributed by atoms with Crippen LogP contribution in [0.4, 0.5) is 0 Å². The molecule has 2 heterocycles.